The van der Waals surface area contributed by atoms with Crippen LogP contribution in [0.1, 0.15) is 37.0 Å². The molecule has 0 saturated carbocycles. The van der Waals surface area contributed by atoms with Gasteiger partial charge in [-0.15, -0.1) is 0 Å². The fourth-order valence-electron chi connectivity index (χ4n) is 3.48. The van der Waals surface area contributed by atoms with Gasteiger partial charge in [-0.1, -0.05) is 13.0 Å². The van der Waals surface area contributed by atoms with Crippen molar-refractivity contribution in [1.82, 2.24) is 19.8 Å². The first-order chi connectivity index (χ1) is 11.7. The van der Waals surface area contributed by atoms with Crippen molar-refractivity contribution >= 4 is 0 Å². The molecule has 24 heavy (non-hydrogen) atoms. The molecule has 5 nitrogen and oxygen atoms in total. The van der Waals surface area contributed by atoms with Crippen molar-refractivity contribution in [3.05, 3.63) is 47.9 Å². The zero-order chi connectivity index (χ0) is 16.8. The van der Waals surface area contributed by atoms with E-state index in [0.717, 1.165) is 43.3 Å². The number of aryl methyl sites for hydroxylation is 1. The zero-order valence-corrected chi connectivity index (χ0v) is 14.8. The lowest BCUT2D eigenvalue weighted by Gasteiger charge is -2.38. The Morgan fingerprint density at radius 2 is 2.08 bits per heavy atom. The van der Waals surface area contributed by atoms with Crippen molar-refractivity contribution in [2.45, 2.75) is 45.7 Å². The number of nitrogens with zero attached hydrogens (tertiary/aromatic N) is 4. The summed E-state index contributed by atoms with van der Waals surface area (Å²) in [5.74, 6) is 0.746. The monoisotopic (exact) mass is 328 g/mol. The molecule has 2 aromatic rings. The van der Waals surface area contributed by atoms with Crippen LogP contribution in [-0.2, 0) is 13.0 Å². The van der Waals surface area contributed by atoms with Gasteiger partial charge in [0, 0.05) is 44.4 Å². The van der Waals surface area contributed by atoms with Crippen molar-refractivity contribution in [3.8, 4) is 0 Å². The Morgan fingerprint density at radius 1 is 1.25 bits per heavy atom. The number of aromatic nitrogens is 2. The number of oxazole rings is 1. The molecule has 1 saturated heterocycles. The van der Waals surface area contributed by atoms with Gasteiger partial charge in [-0.25, -0.2) is 4.98 Å². The molecule has 0 spiro atoms. The van der Waals surface area contributed by atoms with Gasteiger partial charge in [0.25, 0.3) is 0 Å². The van der Waals surface area contributed by atoms with Crippen LogP contribution in [0.2, 0.25) is 0 Å². The first kappa shape index (κ1) is 17.1. The number of hydrogen-bond acceptors (Lipinski definition) is 5. The molecular formula is C19H28N4O. The zero-order valence-electron chi connectivity index (χ0n) is 14.8. The molecule has 130 valence electrons. The van der Waals surface area contributed by atoms with Gasteiger partial charge in [0.2, 0.25) is 0 Å². The summed E-state index contributed by atoms with van der Waals surface area (Å²) in [6.45, 7) is 9.57. The molecule has 0 N–H and O–H groups in total. The van der Waals surface area contributed by atoms with Crippen LogP contribution in [0.25, 0.3) is 0 Å². The number of piperidine rings is 1. The van der Waals surface area contributed by atoms with Crippen molar-refractivity contribution in [3.63, 3.8) is 0 Å². The highest BCUT2D eigenvalue weighted by atomic mass is 16.3. The Morgan fingerprint density at radius 3 is 2.71 bits per heavy atom. The quantitative estimate of drug-likeness (QED) is 0.782. The van der Waals surface area contributed by atoms with Gasteiger partial charge in [0.05, 0.1) is 5.69 Å². The SMILES string of the molecule is CCN1CCC(N(CCc2ccccn2)Cc2coc(C)n2)CC1. The van der Waals surface area contributed by atoms with Crippen LogP contribution in [0.5, 0.6) is 0 Å². The molecule has 0 atom stereocenters. The highest BCUT2D eigenvalue weighted by Crippen LogP contribution is 2.19. The minimum Gasteiger partial charge on any atom is -0.449 e. The lowest BCUT2D eigenvalue weighted by molar-refractivity contribution is 0.105. The van der Waals surface area contributed by atoms with E-state index in [2.05, 4.69) is 38.8 Å². The number of pyridine rings is 1. The first-order valence-electron chi connectivity index (χ1n) is 9.02. The van der Waals surface area contributed by atoms with Crippen LogP contribution in [0.15, 0.2) is 35.1 Å². The molecule has 0 radical (unpaired) electrons. The van der Waals surface area contributed by atoms with Crippen molar-refractivity contribution in [2.75, 3.05) is 26.2 Å². The summed E-state index contributed by atoms with van der Waals surface area (Å²) in [6.07, 6.45) is 7.11. The standard InChI is InChI=1S/C19H28N4O/c1-3-22-11-8-19(9-12-22)23(14-18-15-24-16(2)21-18)13-7-17-6-4-5-10-20-17/h4-6,10,15,19H,3,7-9,11-14H2,1-2H3. The lowest BCUT2D eigenvalue weighted by atomic mass is 10.0. The Balaban J connectivity index is 1.63. The van der Waals surface area contributed by atoms with Crippen molar-refractivity contribution in [1.29, 1.82) is 0 Å². The summed E-state index contributed by atoms with van der Waals surface area (Å²) in [6, 6.07) is 6.76. The summed E-state index contributed by atoms with van der Waals surface area (Å²) < 4.78 is 5.39. The van der Waals surface area contributed by atoms with Gasteiger partial charge >= 0.3 is 0 Å². The van der Waals surface area contributed by atoms with Crippen LogP contribution < -0.4 is 0 Å². The third kappa shape index (κ3) is 4.65. The summed E-state index contributed by atoms with van der Waals surface area (Å²) in [5.41, 5.74) is 2.19. The van der Waals surface area contributed by atoms with Crippen LogP contribution in [0.4, 0.5) is 0 Å². The van der Waals surface area contributed by atoms with Crippen molar-refractivity contribution < 1.29 is 4.42 Å². The molecular weight excluding hydrogens is 300 g/mol. The molecule has 0 aliphatic carbocycles. The van der Waals surface area contributed by atoms with Gasteiger partial charge in [0.1, 0.15) is 6.26 Å². The maximum absolute atomic E-state index is 5.39. The third-order valence-corrected chi connectivity index (χ3v) is 4.93. The highest BCUT2D eigenvalue weighted by molar-refractivity contribution is 5.04. The smallest absolute Gasteiger partial charge is 0.191 e. The molecule has 5 heteroatoms. The molecule has 0 aromatic carbocycles. The van der Waals surface area contributed by atoms with Crippen LogP contribution in [0, 0.1) is 6.92 Å². The molecule has 1 aliphatic rings. The Bertz CT molecular complexity index is 605. The average Bonchev–Trinajstić information content (AvgIpc) is 3.04. The van der Waals surface area contributed by atoms with E-state index in [0.29, 0.717) is 6.04 Å². The van der Waals surface area contributed by atoms with Gasteiger partial charge in [-0.05, 0) is 44.6 Å². The molecule has 1 fully saturated rings. The molecule has 3 rings (SSSR count). The van der Waals surface area contributed by atoms with Gasteiger partial charge < -0.3 is 9.32 Å². The van der Waals surface area contributed by atoms with Crippen molar-refractivity contribution in [2.24, 2.45) is 0 Å². The Hall–Kier alpha value is -1.72. The summed E-state index contributed by atoms with van der Waals surface area (Å²) in [7, 11) is 0. The maximum Gasteiger partial charge on any atom is 0.191 e. The third-order valence-electron chi connectivity index (χ3n) is 4.93. The molecule has 3 heterocycles. The van der Waals surface area contributed by atoms with Crippen LogP contribution in [-0.4, -0.2) is 52.0 Å². The molecule has 0 unspecified atom stereocenters. The van der Waals surface area contributed by atoms with Gasteiger partial charge in [-0.3, -0.25) is 9.88 Å². The van der Waals surface area contributed by atoms with E-state index in [1.165, 1.54) is 25.9 Å². The van der Waals surface area contributed by atoms with Gasteiger partial charge in [0.15, 0.2) is 5.89 Å². The van der Waals surface area contributed by atoms with Gasteiger partial charge in [-0.2, -0.15) is 0 Å². The van der Waals surface area contributed by atoms with E-state index in [1.54, 1.807) is 6.26 Å². The maximum atomic E-state index is 5.39. The predicted octanol–water partition coefficient (Wildman–Crippen LogP) is 2.91. The number of rotatable bonds is 7. The largest absolute Gasteiger partial charge is 0.449 e. The van der Waals surface area contributed by atoms with E-state index < -0.39 is 0 Å². The van der Waals surface area contributed by atoms with E-state index in [9.17, 15) is 0 Å². The molecule has 2 aromatic heterocycles. The molecule has 1 aliphatic heterocycles. The second kappa shape index (κ2) is 8.40. The van der Waals surface area contributed by atoms with E-state index in [-0.39, 0.29) is 0 Å². The topological polar surface area (TPSA) is 45.4 Å². The normalized spacial score (nSPS) is 16.8. The molecule has 0 bridgehead atoms. The minimum atomic E-state index is 0.619. The Labute approximate surface area is 144 Å². The summed E-state index contributed by atoms with van der Waals surface area (Å²) >= 11 is 0. The first-order valence-corrected chi connectivity index (χ1v) is 9.02. The van der Waals surface area contributed by atoms with Crippen LogP contribution in [0.3, 0.4) is 0 Å². The second-order valence-electron chi connectivity index (χ2n) is 6.56. The van der Waals surface area contributed by atoms with E-state index in [4.69, 9.17) is 4.42 Å². The van der Waals surface area contributed by atoms with E-state index >= 15 is 0 Å². The average molecular weight is 328 g/mol. The fourth-order valence-corrected chi connectivity index (χ4v) is 3.48. The number of hydrogen-bond donors (Lipinski definition) is 0. The van der Waals surface area contributed by atoms with Crippen LogP contribution >= 0.6 is 0 Å². The molecule has 0 amide bonds. The van der Waals surface area contributed by atoms with E-state index in [1.807, 2.05) is 19.2 Å². The number of likely N-dealkylation sites (tertiary alicyclic amines) is 1. The minimum absolute atomic E-state index is 0.619. The lowest BCUT2D eigenvalue weighted by Crippen LogP contribution is -2.45. The summed E-state index contributed by atoms with van der Waals surface area (Å²) in [5, 5.41) is 0. The fraction of sp³-hybridized carbons (Fsp3) is 0.579. The Kier molecular flexibility index (Phi) is 5.99. The predicted molar refractivity (Wildman–Crippen MR) is 94.7 cm³/mol. The second-order valence-corrected chi connectivity index (χ2v) is 6.56. The summed E-state index contributed by atoms with van der Waals surface area (Å²) in [4.78, 5) is 14.1. The highest BCUT2D eigenvalue weighted by Gasteiger charge is 2.24.